The third-order valence-corrected chi connectivity index (χ3v) is 7.06. The molecule has 10 heteroatoms. The second-order valence-electron chi connectivity index (χ2n) is 8.44. The molecule has 3 N–H and O–H groups in total. The Bertz CT molecular complexity index is 1410. The molecule has 6 rings (SSSR count). The molecule has 33 heavy (non-hydrogen) atoms. The van der Waals surface area contributed by atoms with E-state index in [-0.39, 0.29) is 6.04 Å². The van der Waals surface area contributed by atoms with E-state index in [1.165, 1.54) is 0 Å². The number of hydrogen-bond acceptors (Lipinski definition) is 8. The molecule has 1 aliphatic carbocycles. The van der Waals surface area contributed by atoms with E-state index >= 15 is 0 Å². The second-order valence-corrected chi connectivity index (χ2v) is 9.47. The van der Waals surface area contributed by atoms with Gasteiger partial charge >= 0.3 is 0 Å². The van der Waals surface area contributed by atoms with Gasteiger partial charge in [0.25, 0.3) is 0 Å². The van der Waals surface area contributed by atoms with Gasteiger partial charge in [-0.3, -0.25) is 0 Å². The van der Waals surface area contributed by atoms with Crippen molar-refractivity contribution in [3.8, 4) is 5.69 Å². The summed E-state index contributed by atoms with van der Waals surface area (Å²) in [6, 6.07) is 9.99. The molecular formula is C23H23N7O2S. The first-order valence-electron chi connectivity index (χ1n) is 11.0. The lowest BCUT2D eigenvalue weighted by molar-refractivity contribution is -0.0161. The molecule has 3 unspecified atom stereocenters. The van der Waals surface area contributed by atoms with Crippen molar-refractivity contribution in [2.45, 2.75) is 43.9 Å². The molecule has 1 fully saturated rings. The summed E-state index contributed by atoms with van der Waals surface area (Å²) >= 11 is 1.57. The predicted molar refractivity (Wildman–Crippen MR) is 126 cm³/mol. The Morgan fingerprint density at radius 3 is 2.82 bits per heavy atom. The van der Waals surface area contributed by atoms with Crippen molar-refractivity contribution in [3.63, 3.8) is 0 Å². The van der Waals surface area contributed by atoms with Crippen molar-refractivity contribution >= 4 is 32.3 Å². The summed E-state index contributed by atoms with van der Waals surface area (Å²) < 4.78 is 3.08. The third kappa shape index (κ3) is 3.97. The molecule has 4 heterocycles. The summed E-state index contributed by atoms with van der Waals surface area (Å²) in [4.78, 5) is 11.0. The smallest absolute Gasteiger partial charge is 0.184 e. The van der Waals surface area contributed by atoms with E-state index in [0.29, 0.717) is 12.8 Å². The Labute approximate surface area is 193 Å². The largest absolute Gasteiger partial charge is 0.390 e. The average Bonchev–Trinajstić information content (AvgIpc) is 3.55. The van der Waals surface area contributed by atoms with E-state index in [9.17, 15) is 10.2 Å². The molecule has 9 nitrogen and oxygen atoms in total. The lowest BCUT2D eigenvalue weighted by atomic mass is 9.90. The molecule has 0 radical (unpaired) electrons. The highest BCUT2D eigenvalue weighted by atomic mass is 32.1. The maximum Gasteiger partial charge on any atom is 0.184 e. The fourth-order valence-electron chi connectivity index (χ4n) is 4.40. The van der Waals surface area contributed by atoms with Gasteiger partial charge < -0.3 is 19.9 Å². The number of aromatic nitrogens is 6. The van der Waals surface area contributed by atoms with Crippen LogP contribution in [0.15, 0.2) is 55.1 Å². The fourth-order valence-corrected chi connectivity index (χ4v) is 5.40. The topological polar surface area (TPSA) is 113 Å². The highest BCUT2D eigenvalue weighted by Gasteiger charge is 2.30. The van der Waals surface area contributed by atoms with Gasteiger partial charge in [0.15, 0.2) is 5.13 Å². The molecule has 3 atom stereocenters. The number of nitrogens with zero attached hydrogens (tertiary/aromatic N) is 6. The zero-order valence-corrected chi connectivity index (χ0v) is 18.6. The lowest BCUT2D eigenvalue weighted by Crippen LogP contribution is -2.45. The predicted octanol–water partition coefficient (Wildman–Crippen LogP) is 2.80. The maximum absolute atomic E-state index is 10.3. The van der Waals surface area contributed by atoms with E-state index in [2.05, 4.69) is 32.6 Å². The van der Waals surface area contributed by atoms with Crippen molar-refractivity contribution in [2.75, 3.05) is 5.32 Å². The minimum absolute atomic E-state index is 0.173. The van der Waals surface area contributed by atoms with Crippen molar-refractivity contribution in [3.05, 3.63) is 66.4 Å². The second kappa shape index (κ2) is 8.22. The summed E-state index contributed by atoms with van der Waals surface area (Å²) in [6.45, 7) is 0. The van der Waals surface area contributed by atoms with Gasteiger partial charge in [-0.05, 0) is 43.0 Å². The van der Waals surface area contributed by atoms with Crippen LogP contribution < -0.4 is 5.32 Å². The number of rotatable bonds is 5. The lowest BCUT2D eigenvalue weighted by Gasteiger charge is -2.32. The van der Waals surface area contributed by atoms with Gasteiger partial charge in [0.2, 0.25) is 0 Å². The minimum atomic E-state index is -0.763. The van der Waals surface area contributed by atoms with Crippen LogP contribution in [0.1, 0.15) is 30.5 Å². The van der Waals surface area contributed by atoms with E-state index in [0.717, 1.165) is 50.8 Å². The van der Waals surface area contributed by atoms with Gasteiger partial charge in [0.05, 0.1) is 52.2 Å². The molecule has 0 bridgehead atoms. The Kier molecular flexibility index (Phi) is 5.05. The number of fused-ring (bicyclic) bond motifs is 2. The fraction of sp³-hybridized carbons (Fsp3) is 0.304. The van der Waals surface area contributed by atoms with Gasteiger partial charge in [-0.1, -0.05) is 17.4 Å². The molecule has 1 saturated carbocycles. The number of aliphatic hydroxyl groups is 2. The summed E-state index contributed by atoms with van der Waals surface area (Å²) in [6.07, 6.45) is 8.94. The number of nitrogens with one attached hydrogen (secondary N) is 1. The number of aliphatic hydroxyl groups excluding tert-OH is 2. The van der Waals surface area contributed by atoms with E-state index < -0.39 is 12.2 Å². The number of imidazole rings is 1. The average molecular weight is 462 g/mol. The van der Waals surface area contributed by atoms with E-state index in [1.54, 1.807) is 28.5 Å². The van der Waals surface area contributed by atoms with Crippen LogP contribution in [-0.2, 0) is 6.42 Å². The monoisotopic (exact) mass is 461 g/mol. The summed E-state index contributed by atoms with van der Waals surface area (Å²) in [5.74, 6) is 0. The molecule has 168 valence electrons. The van der Waals surface area contributed by atoms with Gasteiger partial charge in [0.1, 0.15) is 5.65 Å². The van der Waals surface area contributed by atoms with Gasteiger partial charge in [-0.25, -0.2) is 9.97 Å². The first kappa shape index (κ1) is 20.3. The van der Waals surface area contributed by atoms with Crippen molar-refractivity contribution in [1.82, 2.24) is 29.4 Å². The van der Waals surface area contributed by atoms with E-state index in [1.807, 2.05) is 35.0 Å². The molecular weight excluding hydrogens is 438 g/mol. The Morgan fingerprint density at radius 2 is 1.94 bits per heavy atom. The molecule has 0 aliphatic heterocycles. The van der Waals surface area contributed by atoms with Crippen molar-refractivity contribution in [1.29, 1.82) is 0 Å². The van der Waals surface area contributed by atoms with Crippen LogP contribution in [0.25, 0.3) is 21.6 Å². The minimum Gasteiger partial charge on any atom is -0.390 e. The number of thiazole rings is 1. The first-order valence-corrected chi connectivity index (χ1v) is 11.8. The molecule has 0 spiro atoms. The summed E-state index contributed by atoms with van der Waals surface area (Å²) in [5, 5.41) is 32.6. The number of hydrogen-bond donors (Lipinski definition) is 3. The van der Waals surface area contributed by atoms with Gasteiger partial charge in [-0.15, -0.1) is 0 Å². The van der Waals surface area contributed by atoms with Crippen molar-refractivity contribution < 1.29 is 10.2 Å². The Balaban J connectivity index is 1.21. The highest BCUT2D eigenvalue weighted by molar-refractivity contribution is 7.22. The zero-order valence-electron chi connectivity index (χ0n) is 17.7. The van der Waals surface area contributed by atoms with Gasteiger partial charge in [0, 0.05) is 24.9 Å². The number of pyridine rings is 1. The molecule has 0 amide bonds. The number of anilines is 1. The Morgan fingerprint density at radius 1 is 1.06 bits per heavy atom. The Hall–Kier alpha value is -3.34. The standard InChI is InChI=1S/C23H23N7O2S/c31-19-3-1-2-18(22(19)32)28-23-27-17-5-4-14(11-20(17)33-23)10-15-13-29-9-6-16(12-21(29)26-15)30-24-7-8-25-30/h4-9,11-13,18-19,22,31-32H,1-3,10H2,(H,27,28). The summed E-state index contributed by atoms with van der Waals surface area (Å²) in [7, 11) is 0. The third-order valence-electron chi connectivity index (χ3n) is 6.11. The molecule has 4 aromatic heterocycles. The quantitative estimate of drug-likeness (QED) is 0.369. The molecule has 1 aromatic carbocycles. The number of benzene rings is 1. The normalized spacial score (nSPS) is 21.1. The maximum atomic E-state index is 10.3. The first-order chi connectivity index (χ1) is 16.1. The van der Waals surface area contributed by atoms with E-state index in [4.69, 9.17) is 4.98 Å². The van der Waals surface area contributed by atoms with Crippen molar-refractivity contribution in [2.24, 2.45) is 0 Å². The highest BCUT2D eigenvalue weighted by Crippen LogP contribution is 2.30. The molecule has 5 aromatic rings. The SMILES string of the molecule is OC1CCCC(Nc2nc3ccc(Cc4cn5ccc(-n6nccn6)cc5n4)cc3s2)C1O. The summed E-state index contributed by atoms with van der Waals surface area (Å²) in [5.41, 5.74) is 4.76. The van der Waals surface area contributed by atoms with Gasteiger partial charge in [-0.2, -0.15) is 15.0 Å². The van der Waals surface area contributed by atoms with Crippen LogP contribution in [-0.4, -0.2) is 57.8 Å². The van der Waals surface area contributed by atoms with Crippen LogP contribution in [0, 0.1) is 0 Å². The van der Waals surface area contributed by atoms with Crippen LogP contribution in [0.2, 0.25) is 0 Å². The zero-order chi connectivity index (χ0) is 22.4. The van der Waals surface area contributed by atoms with Crippen LogP contribution in [0.5, 0.6) is 0 Å². The molecule has 1 aliphatic rings. The van der Waals surface area contributed by atoms with Crippen LogP contribution in [0.4, 0.5) is 5.13 Å². The van der Waals surface area contributed by atoms with Crippen LogP contribution in [0.3, 0.4) is 0 Å². The molecule has 0 saturated heterocycles. The van der Waals surface area contributed by atoms with Crippen LogP contribution >= 0.6 is 11.3 Å².